The minimum absolute atomic E-state index is 0.176. The summed E-state index contributed by atoms with van der Waals surface area (Å²) in [5, 5.41) is 21.6. The fourth-order valence-electron chi connectivity index (χ4n) is 1.26. The number of hydrogen-bond acceptors (Lipinski definition) is 6. The molecular weight excluding hydrogens is 246 g/mol. The number of aromatic nitrogens is 1. The van der Waals surface area contributed by atoms with Gasteiger partial charge in [-0.1, -0.05) is 0 Å². The molecule has 0 aliphatic rings. The van der Waals surface area contributed by atoms with Crippen LogP contribution in [0.15, 0.2) is 12.1 Å². The Morgan fingerprint density at radius 2 is 1.95 bits per heavy atom. The van der Waals surface area contributed by atoms with Crippen molar-refractivity contribution in [2.75, 3.05) is 24.2 Å². The summed E-state index contributed by atoms with van der Waals surface area (Å²) in [5.74, 6) is 0.878. The van der Waals surface area contributed by atoms with Crippen molar-refractivity contribution < 1.29 is 14.9 Å². The molecule has 0 aliphatic carbocycles. The highest BCUT2D eigenvalue weighted by Crippen LogP contribution is 2.25. The summed E-state index contributed by atoms with van der Waals surface area (Å²) in [5.41, 5.74) is 4.66. The SMILES string of the molecule is CC(O)(CO)CNc1ccc(N)c(OC(C)(C)C)n1. The molecule has 1 aromatic rings. The van der Waals surface area contributed by atoms with E-state index in [0.717, 1.165) is 0 Å². The first-order valence-electron chi connectivity index (χ1n) is 6.16. The molecular formula is C13H23N3O3. The normalized spacial score (nSPS) is 14.8. The largest absolute Gasteiger partial charge is 0.470 e. The van der Waals surface area contributed by atoms with Crippen molar-refractivity contribution in [1.82, 2.24) is 4.98 Å². The monoisotopic (exact) mass is 269 g/mol. The van der Waals surface area contributed by atoms with Crippen LogP contribution in [0.4, 0.5) is 11.5 Å². The first-order valence-corrected chi connectivity index (χ1v) is 6.16. The number of pyridine rings is 1. The summed E-state index contributed by atoms with van der Waals surface area (Å²) in [6.45, 7) is 7.10. The van der Waals surface area contributed by atoms with E-state index in [9.17, 15) is 5.11 Å². The van der Waals surface area contributed by atoms with Crippen LogP contribution in [0.1, 0.15) is 27.7 Å². The first kappa shape index (κ1) is 15.5. The van der Waals surface area contributed by atoms with Crippen LogP contribution < -0.4 is 15.8 Å². The summed E-state index contributed by atoms with van der Waals surface area (Å²) < 4.78 is 5.64. The zero-order valence-corrected chi connectivity index (χ0v) is 11.9. The van der Waals surface area contributed by atoms with E-state index < -0.39 is 11.2 Å². The zero-order valence-electron chi connectivity index (χ0n) is 11.9. The molecule has 0 bridgehead atoms. The van der Waals surface area contributed by atoms with Crippen LogP contribution in [0.25, 0.3) is 0 Å². The number of nitrogens with two attached hydrogens (primary N) is 1. The highest BCUT2D eigenvalue weighted by Gasteiger charge is 2.19. The molecule has 0 aromatic carbocycles. The number of nitrogens with one attached hydrogen (secondary N) is 1. The number of nitrogen functional groups attached to an aromatic ring is 1. The average molecular weight is 269 g/mol. The molecule has 1 rings (SSSR count). The second-order valence-electron chi connectivity index (χ2n) is 5.81. The van der Waals surface area contributed by atoms with Crippen LogP contribution in [0.3, 0.4) is 0 Å². The Bertz CT molecular complexity index is 428. The molecule has 0 amide bonds. The molecule has 1 heterocycles. The van der Waals surface area contributed by atoms with Gasteiger partial charge in [0.2, 0.25) is 5.88 Å². The quantitative estimate of drug-likeness (QED) is 0.636. The lowest BCUT2D eigenvalue weighted by atomic mass is 10.1. The third-order valence-corrected chi connectivity index (χ3v) is 2.28. The fourth-order valence-corrected chi connectivity index (χ4v) is 1.26. The number of nitrogens with zero attached hydrogens (tertiary/aromatic N) is 1. The topological polar surface area (TPSA) is 101 Å². The maximum atomic E-state index is 9.70. The predicted molar refractivity (Wildman–Crippen MR) is 75.2 cm³/mol. The Balaban J connectivity index is 2.79. The minimum atomic E-state index is -1.20. The Morgan fingerprint density at radius 1 is 1.32 bits per heavy atom. The van der Waals surface area contributed by atoms with E-state index in [-0.39, 0.29) is 13.2 Å². The molecule has 0 fully saturated rings. The molecule has 0 aliphatic heterocycles. The molecule has 0 radical (unpaired) electrons. The van der Waals surface area contributed by atoms with Crippen LogP contribution >= 0.6 is 0 Å². The zero-order chi connectivity index (χ0) is 14.7. The van der Waals surface area contributed by atoms with Gasteiger partial charge in [-0.15, -0.1) is 0 Å². The van der Waals surface area contributed by atoms with E-state index in [4.69, 9.17) is 15.6 Å². The fraction of sp³-hybridized carbons (Fsp3) is 0.615. The van der Waals surface area contributed by atoms with Gasteiger partial charge in [-0.05, 0) is 39.8 Å². The van der Waals surface area contributed by atoms with Crippen LogP contribution in [-0.4, -0.2) is 39.6 Å². The molecule has 108 valence electrons. The maximum absolute atomic E-state index is 9.70. The van der Waals surface area contributed by atoms with Crippen LogP contribution in [0.2, 0.25) is 0 Å². The van der Waals surface area contributed by atoms with Gasteiger partial charge in [0, 0.05) is 6.54 Å². The first-order chi connectivity index (χ1) is 8.63. The molecule has 1 atom stereocenters. The molecule has 0 saturated heterocycles. The Kier molecular flexibility index (Phi) is 4.60. The molecule has 0 spiro atoms. The number of hydrogen-bond donors (Lipinski definition) is 4. The molecule has 5 N–H and O–H groups in total. The van der Waals surface area contributed by atoms with Crippen molar-refractivity contribution in [3.8, 4) is 5.88 Å². The Hall–Kier alpha value is -1.53. The molecule has 1 aromatic heterocycles. The average Bonchev–Trinajstić information content (AvgIpc) is 2.28. The van der Waals surface area contributed by atoms with Crippen molar-refractivity contribution in [3.63, 3.8) is 0 Å². The van der Waals surface area contributed by atoms with Gasteiger partial charge >= 0.3 is 0 Å². The lowest BCUT2D eigenvalue weighted by molar-refractivity contribution is 0.0131. The number of aliphatic hydroxyl groups is 2. The van der Waals surface area contributed by atoms with Crippen LogP contribution in [0, 0.1) is 0 Å². The second kappa shape index (κ2) is 5.63. The van der Waals surface area contributed by atoms with Gasteiger partial charge < -0.3 is 26.0 Å². The lowest BCUT2D eigenvalue weighted by Crippen LogP contribution is -2.37. The minimum Gasteiger partial charge on any atom is -0.470 e. The summed E-state index contributed by atoms with van der Waals surface area (Å²) in [7, 11) is 0. The summed E-state index contributed by atoms with van der Waals surface area (Å²) in [4.78, 5) is 4.24. The number of ether oxygens (including phenoxy) is 1. The lowest BCUT2D eigenvalue weighted by Gasteiger charge is -2.23. The number of rotatable bonds is 5. The van der Waals surface area contributed by atoms with Crippen molar-refractivity contribution >= 4 is 11.5 Å². The van der Waals surface area contributed by atoms with Gasteiger partial charge in [0.05, 0.1) is 12.3 Å². The second-order valence-corrected chi connectivity index (χ2v) is 5.81. The summed E-state index contributed by atoms with van der Waals surface area (Å²) >= 11 is 0. The Labute approximate surface area is 113 Å². The van der Waals surface area contributed by atoms with Crippen molar-refractivity contribution in [3.05, 3.63) is 12.1 Å². The smallest absolute Gasteiger partial charge is 0.239 e. The Morgan fingerprint density at radius 3 is 2.47 bits per heavy atom. The van der Waals surface area contributed by atoms with E-state index in [1.165, 1.54) is 6.92 Å². The van der Waals surface area contributed by atoms with Gasteiger partial charge in [0.25, 0.3) is 0 Å². The number of anilines is 2. The van der Waals surface area contributed by atoms with E-state index in [1.807, 2.05) is 20.8 Å². The predicted octanol–water partition coefficient (Wildman–Crippen LogP) is 0.996. The van der Waals surface area contributed by atoms with E-state index in [2.05, 4.69) is 10.3 Å². The van der Waals surface area contributed by atoms with E-state index in [0.29, 0.717) is 17.4 Å². The third-order valence-electron chi connectivity index (χ3n) is 2.28. The molecule has 0 saturated carbocycles. The standard InChI is InChI=1S/C13H23N3O3/c1-12(2,3)19-11-9(14)5-6-10(16-11)15-7-13(4,18)8-17/h5-6,17-18H,7-8,14H2,1-4H3,(H,15,16). The van der Waals surface area contributed by atoms with Gasteiger partial charge in [0.1, 0.15) is 17.0 Å². The van der Waals surface area contributed by atoms with Crippen molar-refractivity contribution in [2.45, 2.75) is 38.9 Å². The highest BCUT2D eigenvalue weighted by atomic mass is 16.5. The maximum Gasteiger partial charge on any atom is 0.239 e. The van der Waals surface area contributed by atoms with Crippen LogP contribution in [-0.2, 0) is 0 Å². The molecule has 19 heavy (non-hydrogen) atoms. The number of aliphatic hydroxyl groups excluding tert-OH is 1. The van der Waals surface area contributed by atoms with Crippen molar-refractivity contribution in [2.24, 2.45) is 0 Å². The summed E-state index contributed by atoms with van der Waals surface area (Å²) in [6, 6.07) is 3.38. The van der Waals surface area contributed by atoms with E-state index >= 15 is 0 Å². The third kappa shape index (κ3) is 5.32. The van der Waals surface area contributed by atoms with Crippen LogP contribution in [0.5, 0.6) is 5.88 Å². The molecule has 6 heteroatoms. The highest BCUT2D eigenvalue weighted by molar-refractivity contribution is 5.53. The van der Waals surface area contributed by atoms with Gasteiger partial charge in [-0.2, -0.15) is 4.98 Å². The van der Waals surface area contributed by atoms with Crippen molar-refractivity contribution in [1.29, 1.82) is 0 Å². The molecule has 6 nitrogen and oxygen atoms in total. The summed E-state index contributed by atoms with van der Waals surface area (Å²) in [6.07, 6.45) is 0. The van der Waals surface area contributed by atoms with E-state index in [1.54, 1.807) is 12.1 Å². The van der Waals surface area contributed by atoms with Gasteiger partial charge in [0.15, 0.2) is 0 Å². The molecule has 1 unspecified atom stereocenters. The van der Waals surface area contributed by atoms with Gasteiger partial charge in [-0.3, -0.25) is 0 Å². The van der Waals surface area contributed by atoms with Gasteiger partial charge in [-0.25, -0.2) is 0 Å².